The smallest absolute Gasteiger partial charge is 0.123 e. The largest absolute Gasteiger partial charge is 0.377 e. The van der Waals surface area contributed by atoms with Crippen LogP contribution in [-0.2, 0) is 6.42 Å². The first-order valence-corrected chi connectivity index (χ1v) is 5.52. The normalized spacial score (nSPS) is 12.6. The molecule has 0 aliphatic carbocycles. The minimum absolute atomic E-state index is 0.168. The first-order valence-electron chi connectivity index (χ1n) is 4.60. The van der Waals surface area contributed by atoms with Crippen LogP contribution in [0.1, 0.15) is 12.5 Å². The monoisotopic (exact) mass is 259 g/mol. The van der Waals surface area contributed by atoms with Gasteiger partial charge in [-0.3, -0.25) is 0 Å². The van der Waals surface area contributed by atoms with E-state index in [2.05, 4.69) is 22.9 Å². The number of hydrogen-bond acceptors (Lipinski definition) is 1. The first kappa shape index (κ1) is 11.5. The van der Waals surface area contributed by atoms with E-state index in [1.54, 1.807) is 6.07 Å². The van der Waals surface area contributed by atoms with Crippen molar-refractivity contribution in [2.45, 2.75) is 18.2 Å². The van der Waals surface area contributed by atoms with Gasteiger partial charge in [0.1, 0.15) is 5.82 Å². The van der Waals surface area contributed by atoms with Crippen molar-refractivity contribution in [3.8, 4) is 0 Å². The maximum Gasteiger partial charge on any atom is 0.123 e. The molecule has 0 saturated heterocycles. The summed E-state index contributed by atoms with van der Waals surface area (Å²) in [6, 6.07) is 4.92. The van der Waals surface area contributed by atoms with Crippen LogP contribution in [0, 0.1) is 5.82 Å². The fraction of sp³-hybridized carbons (Fsp3) is 0.455. The van der Waals surface area contributed by atoms with Gasteiger partial charge in [-0.15, -0.1) is 0 Å². The van der Waals surface area contributed by atoms with E-state index in [0.29, 0.717) is 4.83 Å². The Balaban J connectivity index is 3.03. The third-order valence-electron chi connectivity index (χ3n) is 2.02. The molecule has 1 rings (SSSR count). The SMILES string of the molecule is CC(Br)Cc1cc(F)ccc1N(C)C. The lowest BCUT2D eigenvalue weighted by Crippen LogP contribution is -2.12. The summed E-state index contributed by atoms with van der Waals surface area (Å²) in [4.78, 5) is 2.37. The van der Waals surface area contributed by atoms with Gasteiger partial charge in [-0.05, 0) is 30.2 Å². The minimum Gasteiger partial charge on any atom is -0.377 e. The third kappa shape index (κ3) is 2.98. The molecule has 78 valence electrons. The summed E-state index contributed by atoms with van der Waals surface area (Å²) < 4.78 is 13.0. The van der Waals surface area contributed by atoms with Gasteiger partial charge < -0.3 is 4.90 Å². The Kier molecular flexibility index (Phi) is 3.93. The van der Waals surface area contributed by atoms with Crippen LogP contribution in [0.5, 0.6) is 0 Å². The number of alkyl halides is 1. The van der Waals surface area contributed by atoms with E-state index < -0.39 is 0 Å². The molecule has 0 N–H and O–H groups in total. The molecule has 1 nitrogen and oxygen atoms in total. The second kappa shape index (κ2) is 4.78. The lowest BCUT2D eigenvalue weighted by Gasteiger charge is -2.18. The average Bonchev–Trinajstić information content (AvgIpc) is 2.01. The quantitative estimate of drug-likeness (QED) is 0.754. The minimum atomic E-state index is -0.168. The molecule has 0 fully saturated rings. The van der Waals surface area contributed by atoms with Gasteiger partial charge in [0.15, 0.2) is 0 Å². The Labute approximate surface area is 93.0 Å². The van der Waals surface area contributed by atoms with Crippen LogP contribution >= 0.6 is 15.9 Å². The summed E-state index contributed by atoms with van der Waals surface area (Å²) >= 11 is 3.48. The molecule has 0 bridgehead atoms. The fourth-order valence-corrected chi connectivity index (χ4v) is 1.81. The van der Waals surface area contributed by atoms with Crippen LogP contribution in [0.25, 0.3) is 0 Å². The summed E-state index contributed by atoms with van der Waals surface area (Å²) in [6.45, 7) is 2.06. The average molecular weight is 260 g/mol. The number of nitrogens with zero attached hydrogens (tertiary/aromatic N) is 1. The van der Waals surface area contributed by atoms with Gasteiger partial charge in [0.2, 0.25) is 0 Å². The molecule has 1 aromatic carbocycles. The highest BCUT2D eigenvalue weighted by Crippen LogP contribution is 2.22. The number of anilines is 1. The molecule has 0 aliphatic rings. The Morgan fingerprint density at radius 2 is 2.07 bits per heavy atom. The molecule has 0 aliphatic heterocycles. The van der Waals surface area contributed by atoms with Crippen molar-refractivity contribution in [2.24, 2.45) is 0 Å². The number of rotatable bonds is 3. The van der Waals surface area contributed by atoms with E-state index in [1.807, 2.05) is 25.1 Å². The van der Waals surface area contributed by atoms with Gasteiger partial charge in [-0.2, -0.15) is 0 Å². The fourth-order valence-electron chi connectivity index (χ4n) is 1.46. The Morgan fingerprint density at radius 3 is 2.57 bits per heavy atom. The first-order chi connectivity index (χ1) is 6.50. The molecular weight excluding hydrogens is 245 g/mol. The van der Waals surface area contributed by atoms with Gasteiger partial charge in [-0.25, -0.2) is 4.39 Å². The zero-order valence-electron chi connectivity index (χ0n) is 8.72. The maximum absolute atomic E-state index is 13.0. The summed E-state index contributed by atoms with van der Waals surface area (Å²) in [5.41, 5.74) is 2.12. The molecule has 1 unspecified atom stereocenters. The molecule has 14 heavy (non-hydrogen) atoms. The van der Waals surface area contributed by atoms with Crippen molar-refractivity contribution in [3.63, 3.8) is 0 Å². The Hall–Kier alpha value is -0.570. The molecule has 1 aromatic rings. The number of halogens is 2. The molecular formula is C11H15BrFN. The van der Waals surface area contributed by atoms with Crippen molar-refractivity contribution in [1.29, 1.82) is 0 Å². The second-order valence-corrected chi connectivity index (χ2v) is 5.22. The highest BCUT2D eigenvalue weighted by atomic mass is 79.9. The second-order valence-electron chi connectivity index (χ2n) is 3.65. The standard InChI is InChI=1S/C11H15BrFN/c1-8(12)6-9-7-10(13)4-5-11(9)14(2)3/h4-5,7-8H,6H2,1-3H3. The molecule has 0 spiro atoms. The van der Waals surface area contributed by atoms with Gasteiger partial charge in [0.25, 0.3) is 0 Å². The van der Waals surface area contributed by atoms with E-state index in [1.165, 1.54) is 6.07 Å². The summed E-state index contributed by atoms with van der Waals surface area (Å²) in [7, 11) is 3.94. The summed E-state index contributed by atoms with van der Waals surface area (Å²) in [5, 5.41) is 0. The van der Waals surface area contributed by atoms with Crippen LogP contribution in [0.15, 0.2) is 18.2 Å². The van der Waals surface area contributed by atoms with Crippen LogP contribution in [0.2, 0.25) is 0 Å². The predicted octanol–water partition coefficient (Wildman–Crippen LogP) is 3.22. The summed E-state index contributed by atoms with van der Waals surface area (Å²) in [5.74, 6) is -0.168. The Morgan fingerprint density at radius 1 is 1.43 bits per heavy atom. The molecule has 0 radical (unpaired) electrons. The van der Waals surface area contributed by atoms with Crippen molar-refractivity contribution in [1.82, 2.24) is 0 Å². The van der Waals surface area contributed by atoms with Gasteiger partial charge in [-0.1, -0.05) is 22.9 Å². The lowest BCUT2D eigenvalue weighted by molar-refractivity contribution is 0.625. The highest BCUT2D eigenvalue weighted by molar-refractivity contribution is 9.09. The van der Waals surface area contributed by atoms with Crippen LogP contribution in [0.3, 0.4) is 0 Å². The molecule has 0 heterocycles. The molecule has 0 aromatic heterocycles. The van der Waals surface area contributed by atoms with E-state index in [9.17, 15) is 4.39 Å². The molecule has 1 atom stereocenters. The maximum atomic E-state index is 13.0. The van der Waals surface area contributed by atoms with E-state index in [4.69, 9.17) is 0 Å². The molecule has 3 heteroatoms. The number of benzene rings is 1. The van der Waals surface area contributed by atoms with Crippen molar-refractivity contribution < 1.29 is 4.39 Å². The summed E-state index contributed by atoms with van der Waals surface area (Å²) in [6.07, 6.45) is 0.839. The Bertz CT molecular complexity index is 310. The zero-order valence-corrected chi connectivity index (χ0v) is 10.3. The predicted molar refractivity (Wildman–Crippen MR) is 62.8 cm³/mol. The van der Waals surface area contributed by atoms with E-state index in [-0.39, 0.29) is 5.82 Å². The van der Waals surface area contributed by atoms with Crippen molar-refractivity contribution >= 4 is 21.6 Å². The molecule has 0 saturated carbocycles. The topological polar surface area (TPSA) is 3.24 Å². The zero-order chi connectivity index (χ0) is 10.7. The number of hydrogen-bond donors (Lipinski definition) is 0. The van der Waals surface area contributed by atoms with E-state index in [0.717, 1.165) is 17.7 Å². The van der Waals surface area contributed by atoms with Crippen LogP contribution in [-0.4, -0.2) is 18.9 Å². The third-order valence-corrected chi connectivity index (χ3v) is 2.35. The van der Waals surface area contributed by atoms with Gasteiger partial charge >= 0.3 is 0 Å². The molecule has 0 amide bonds. The van der Waals surface area contributed by atoms with E-state index >= 15 is 0 Å². The van der Waals surface area contributed by atoms with Gasteiger partial charge in [0, 0.05) is 24.6 Å². The van der Waals surface area contributed by atoms with Gasteiger partial charge in [0.05, 0.1) is 0 Å². The van der Waals surface area contributed by atoms with Crippen molar-refractivity contribution in [2.75, 3.05) is 19.0 Å². The van der Waals surface area contributed by atoms with Crippen LogP contribution in [0.4, 0.5) is 10.1 Å². The highest BCUT2D eigenvalue weighted by Gasteiger charge is 2.08. The van der Waals surface area contributed by atoms with Crippen molar-refractivity contribution in [3.05, 3.63) is 29.6 Å². The lowest BCUT2D eigenvalue weighted by atomic mass is 10.1. The van der Waals surface area contributed by atoms with Crippen LogP contribution < -0.4 is 4.90 Å².